The number of alkyl halides is 1. The highest BCUT2D eigenvalue weighted by Crippen LogP contribution is 2.20. The van der Waals surface area contributed by atoms with Crippen molar-refractivity contribution < 1.29 is 9.53 Å². The number of hydrogen-bond acceptors (Lipinski definition) is 2. The standard InChI is InChI=1S/C26H51BrO2/c1-3-5-7-9-12-16-20-25(21-17-13-10-8-6-4-2)24-29-26(28)22-18-14-11-15-19-23-27/h25H,3-24H2,1-2H3. The summed E-state index contributed by atoms with van der Waals surface area (Å²) in [6.07, 6.45) is 25.1. The predicted molar refractivity (Wildman–Crippen MR) is 132 cm³/mol. The molecule has 3 heteroatoms. The van der Waals surface area contributed by atoms with E-state index in [1.807, 2.05) is 0 Å². The van der Waals surface area contributed by atoms with E-state index in [1.54, 1.807) is 0 Å². The third kappa shape index (κ3) is 22.5. The van der Waals surface area contributed by atoms with Gasteiger partial charge in [0.2, 0.25) is 0 Å². The Hall–Kier alpha value is -0.0500. The fourth-order valence-electron chi connectivity index (χ4n) is 3.91. The summed E-state index contributed by atoms with van der Waals surface area (Å²) < 4.78 is 5.68. The molecule has 29 heavy (non-hydrogen) atoms. The van der Waals surface area contributed by atoms with E-state index < -0.39 is 0 Å². The highest BCUT2D eigenvalue weighted by atomic mass is 79.9. The van der Waals surface area contributed by atoms with Crippen LogP contribution in [0, 0.1) is 5.92 Å². The Balaban J connectivity index is 3.96. The first-order valence-corrected chi connectivity index (χ1v) is 14.1. The van der Waals surface area contributed by atoms with Crippen LogP contribution in [-0.4, -0.2) is 17.9 Å². The van der Waals surface area contributed by atoms with Crippen molar-refractivity contribution in [1.29, 1.82) is 0 Å². The summed E-state index contributed by atoms with van der Waals surface area (Å²) in [5, 5.41) is 1.09. The molecule has 0 fully saturated rings. The van der Waals surface area contributed by atoms with Gasteiger partial charge < -0.3 is 4.74 Å². The fraction of sp³-hybridized carbons (Fsp3) is 0.962. The molecule has 0 radical (unpaired) electrons. The number of halogens is 1. The molecule has 0 atom stereocenters. The second kappa shape index (κ2) is 24.2. The van der Waals surface area contributed by atoms with Crippen molar-refractivity contribution in [3.8, 4) is 0 Å². The number of esters is 1. The molecule has 0 aromatic heterocycles. The third-order valence-corrected chi connectivity index (χ3v) is 6.49. The largest absolute Gasteiger partial charge is 0.465 e. The summed E-state index contributed by atoms with van der Waals surface area (Å²) >= 11 is 3.47. The van der Waals surface area contributed by atoms with E-state index in [0.717, 1.165) is 18.2 Å². The van der Waals surface area contributed by atoms with Gasteiger partial charge >= 0.3 is 5.97 Å². The monoisotopic (exact) mass is 474 g/mol. The minimum atomic E-state index is 0.0291. The Morgan fingerprint density at radius 2 is 1.10 bits per heavy atom. The summed E-state index contributed by atoms with van der Waals surface area (Å²) in [6.45, 7) is 5.20. The molecule has 0 bridgehead atoms. The predicted octanol–water partition coefficient (Wildman–Crippen LogP) is 9.38. The molecule has 0 heterocycles. The molecular formula is C26H51BrO2. The van der Waals surface area contributed by atoms with E-state index in [-0.39, 0.29) is 5.97 Å². The maximum atomic E-state index is 12.1. The number of rotatable bonds is 23. The highest BCUT2D eigenvalue weighted by Gasteiger charge is 2.12. The summed E-state index contributed by atoms with van der Waals surface area (Å²) in [4.78, 5) is 12.1. The fourth-order valence-corrected chi connectivity index (χ4v) is 4.31. The molecule has 0 aromatic rings. The Morgan fingerprint density at radius 1 is 0.655 bits per heavy atom. The maximum Gasteiger partial charge on any atom is 0.305 e. The Morgan fingerprint density at radius 3 is 1.62 bits per heavy atom. The number of unbranched alkanes of at least 4 members (excludes halogenated alkanes) is 14. The van der Waals surface area contributed by atoms with Crippen LogP contribution in [0.3, 0.4) is 0 Å². The van der Waals surface area contributed by atoms with E-state index in [4.69, 9.17) is 4.74 Å². The van der Waals surface area contributed by atoms with Crippen LogP contribution in [0.1, 0.15) is 142 Å². The van der Waals surface area contributed by atoms with Crippen LogP contribution in [0.5, 0.6) is 0 Å². The van der Waals surface area contributed by atoms with Crippen LogP contribution in [-0.2, 0) is 9.53 Å². The van der Waals surface area contributed by atoms with Gasteiger partial charge in [-0.1, -0.05) is 126 Å². The zero-order valence-electron chi connectivity index (χ0n) is 19.8. The molecule has 0 amide bonds. The van der Waals surface area contributed by atoms with E-state index >= 15 is 0 Å². The molecular weight excluding hydrogens is 424 g/mol. The van der Waals surface area contributed by atoms with E-state index in [9.17, 15) is 4.79 Å². The second-order valence-corrected chi connectivity index (χ2v) is 9.66. The minimum absolute atomic E-state index is 0.0291. The van der Waals surface area contributed by atoms with Gasteiger partial charge in [-0.15, -0.1) is 0 Å². The Kier molecular flexibility index (Phi) is 24.2. The van der Waals surface area contributed by atoms with Crippen molar-refractivity contribution >= 4 is 21.9 Å². The molecule has 0 saturated heterocycles. The van der Waals surface area contributed by atoms with Crippen molar-refractivity contribution in [2.24, 2.45) is 5.92 Å². The first kappa shape index (κ1) is 28.9. The van der Waals surface area contributed by atoms with Gasteiger partial charge in [0, 0.05) is 11.8 Å². The number of carbonyl (C=O) groups is 1. The van der Waals surface area contributed by atoms with Crippen molar-refractivity contribution in [2.45, 2.75) is 142 Å². The molecule has 0 saturated carbocycles. The number of carbonyl (C=O) groups excluding carboxylic acids is 1. The van der Waals surface area contributed by atoms with Gasteiger partial charge in [-0.05, 0) is 31.6 Å². The van der Waals surface area contributed by atoms with Crippen LogP contribution in [0.4, 0.5) is 0 Å². The van der Waals surface area contributed by atoms with Gasteiger partial charge in [-0.2, -0.15) is 0 Å². The van der Waals surface area contributed by atoms with Gasteiger partial charge in [-0.25, -0.2) is 0 Å². The average Bonchev–Trinajstić information content (AvgIpc) is 2.73. The molecule has 2 nitrogen and oxygen atoms in total. The van der Waals surface area contributed by atoms with Crippen LogP contribution in [0.25, 0.3) is 0 Å². The van der Waals surface area contributed by atoms with Crippen molar-refractivity contribution in [3.05, 3.63) is 0 Å². The molecule has 0 N–H and O–H groups in total. The SMILES string of the molecule is CCCCCCCCC(CCCCCCCC)COC(=O)CCCCCCCBr. The molecule has 0 aliphatic carbocycles. The topological polar surface area (TPSA) is 26.3 Å². The normalized spacial score (nSPS) is 11.3. The lowest BCUT2D eigenvalue weighted by molar-refractivity contribution is -0.145. The number of hydrogen-bond donors (Lipinski definition) is 0. The lowest BCUT2D eigenvalue weighted by Crippen LogP contribution is -2.14. The Bertz CT molecular complexity index is 317. The lowest BCUT2D eigenvalue weighted by Gasteiger charge is -2.17. The molecule has 0 aliphatic heterocycles. The van der Waals surface area contributed by atoms with E-state index in [0.29, 0.717) is 18.9 Å². The van der Waals surface area contributed by atoms with Gasteiger partial charge in [-0.3, -0.25) is 4.79 Å². The van der Waals surface area contributed by atoms with Crippen molar-refractivity contribution in [2.75, 3.05) is 11.9 Å². The molecule has 0 aliphatic rings. The lowest BCUT2D eigenvalue weighted by atomic mass is 9.94. The molecule has 0 rings (SSSR count). The molecule has 0 aromatic carbocycles. The summed E-state index contributed by atoms with van der Waals surface area (Å²) in [7, 11) is 0. The van der Waals surface area contributed by atoms with Crippen LogP contribution in [0.2, 0.25) is 0 Å². The van der Waals surface area contributed by atoms with Gasteiger partial charge in [0.05, 0.1) is 6.61 Å². The zero-order chi connectivity index (χ0) is 21.4. The van der Waals surface area contributed by atoms with Crippen LogP contribution >= 0.6 is 15.9 Å². The average molecular weight is 476 g/mol. The van der Waals surface area contributed by atoms with Crippen LogP contribution < -0.4 is 0 Å². The van der Waals surface area contributed by atoms with Gasteiger partial charge in [0.15, 0.2) is 0 Å². The summed E-state index contributed by atoms with van der Waals surface area (Å²) in [5.41, 5.74) is 0. The van der Waals surface area contributed by atoms with Crippen LogP contribution in [0.15, 0.2) is 0 Å². The van der Waals surface area contributed by atoms with Crippen molar-refractivity contribution in [1.82, 2.24) is 0 Å². The molecule has 0 unspecified atom stereocenters. The summed E-state index contributed by atoms with van der Waals surface area (Å²) in [5.74, 6) is 0.608. The highest BCUT2D eigenvalue weighted by molar-refractivity contribution is 9.09. The Labute approximate surface area is 191 Å². The van der Waals surface area contributed by atoms with Gasteiger partial charge in [0.1, 0.15) is 0 Å². The molecule has 0 spiro atoms. The van der Waals surface area contributed by atoms with Gasteiger partial charge in [0.25, 0.3) is 0 Å². The minimum Gasteiger partial charge on any atom is -0.465 e. The summed E-state index contributed by atoms with van der Waals surface area (Å²) in [6, 6.07) is 0. The first-order chi connectivity index (χ1) is 14.2. The maximum absolute atomic E-state index is 12.1. The third-order valence-electron chi connectivity index (χ3n) is 5.93. The smallest absolute Gasteiger partial charge is 0.305 e. The van der Waals surface area contributed by atoms with Crippen molar-refractivity contribution in [3.63, 3.8) is 0 Å². The second-order valence-electron chi connectivity index (χ2n) is 8.87. The quantitative estimate of drug-likeness (QED) is 0.0836. The molecule has 174 valence electrons. The van der Waals surface area contributed by atoms with E-state index in [1.165, 1.54) is 109 Å². The zero-order valence-corrected chi connectivity index (χ0v) is 21.4. The van der Waals surface area contributed by atoms with E-state index in [2.05, 4.69) is 29.8 Å². The first-order valence-electron chi connectivity index (χ1n) is 13.0. The number of ether oxygens (including phenoxy) is 1.